The number of nitrogens with zero attached hydrogens (tertiary/aromatic N) is 4. The summed E-state index contributed by atoms with van der Waals surface area (Å²) in [4.78, 5) is 58.9. The van der Waals surface area contributed by atoms with Crippen molar-refractivity contribution in [1.29, 1.82) is 0 Å². The van der Waals surface area contributed by atoms with Gasteiger partial charge in [0.25, 0.3) is 17.0 Å². The highest BCUT2D eigenvalue weighted by atomic mass is 32.1. The maximum absolute atomic E-state index is 13.3. The van der Waals surface area contributed by atoms with Crippen LogP contribution in [0.1, 0.15) is 41.6 Å². The van der Waals surface area contributed by atoms with Crippen LogP contribution in [-0.2, 0) is 14.1 Å². The Kier molecular flexibility index (Phi) is 5.25. The number of aromatic amines is 1. The fourth-order valence-electron chi connectivity index (χ4n) is 3.74. The van der Waals surface area contributed by atoms with E-state index in [4.69, 9.17) is 0 Å². The molecule has 1 N–H and O–H groups in total. The van der Waals surface area contributed by atoms with Crippen LogP contribution in [0.3, 0.4) is 0 Å². The lowest BCUT2D eigenvalue weighted by atomic mass is 10.0. The fourth-order valence-corrected chi connectivity index (χ4v) is 4.39. The third-order valence-corrected chi connectivity index (χ3v) is 6.08. The molecule has 10 heteroatoms. The van der Waals surface area contributed by atoms with E-state index in [2.05, 4.69) is 9.97 Å². The van der Waals surface area contributed by atoms with E-state index in [1.807, 2.05) is 16.8 Å². The molecule has 3 aromatic heterocycles. The fraction of sp³-hybridized carbons (Fsp3) is 0.350. The van der Waals surface area contributed by atoms with Crippen LogP contribution in [0.25, 0.3) is 11.3 Å². The van der Waals surface area contributed by atoms with Gasteiger partial charge in [0, 0.05) is 43.7 Å². The molecular formula is C20H21N5O4S. The minimum atomic E-state index is -0.564. The summed E-state index contributed by atoms with van der Waals surface area (Å²) in [6.45, 7) is 0.444. The van der Waals surface area contributed by atoms with Gasteiger partial charge in [0.2, 0.25) is 0 Å². The minimum absolute atomic E-state index is 0.0198. The number of nitrogens with one attached hydrogen (secondary N) is 1. The second-order valence-corrected chi connectivity index (χ2v) is 8.09. The van der Waals surface area contributed by atoms with Gasteiger partial charge in [0.15, 0.2) is 0 Å². The number of piperidine rings is 1. The number of rotatable bonds is 3. The second kappa shape index (κ2) is 7.86. The Morgan fingerprint density at radius 3 is 2.70 bits per heavy atom. The molecule has 1 aliphatic heterocycles. The molecule has 1 saturated heterocycles. The van der Waals surface area contributed by atoms with Gasteiger partial charge in [0.05, 0.1) is 11.7 Å². The monoisotopic (exact) mass is 427 g/mol. The van der Waals surface area contributed by atoms with Crippen molar-refractivity contribution in [3.05, 3.63) is 71.7 Å². The molecule has 1 amide bonds. The van der Waals surface area contributed by atoms with Gasteiger partial charge in [-0.2, -0.15) is 11.3 Å². The van der Waals surface area contributed by atoms with E-state index in [1.165, 1.54) is 42.1 Å². The number of aromatic nitrogens is 4. The molecule has 9 nitrogen and oxygen atoms in total. The molecule has 1 atom stereocenters. The minimum Gasteiger partial charge on any atom is -0.327 e. The zero-order valence-electron chi connectivity index (χ0n) is 16.6. The van der Waals surface area contributed by atoms with Crippen molar-refractivity contribution in [3.8, 4) is 11.3 Å². The van der Waals surface area contributed by atoms with Crippen LogP contribution in [0.5, 0.6) is 0 Å². The Balaban J connectivity index is 1.77. The molecule has 4 heterocycles. The van der Waals surface area contributed by atoms with Gasteiger partial charge >= 0.3 is 5.69 Å². The van der Waals surface area contributed by atoms with Crippen molar-refractivity contribution < 1.29 is 4.79 Å². The van der Waals surface area contributed by atoms with Crippen LogP contribution in [0.15, 0.2) is 43.3 Å². The Labute approximate surface area is 175 Å². The maximum atomic E-state index is 13.3. The SMILES string of the molecule is Cn1c(C(=O)N2CCCC[C@@H]2c2nc(-c3ccsc3)cc(=O)[nH]2)cc(=O)n(C)c1=O. The number of likely N-dealkylation sites (tertiary alicyclic amines) is 1. The molecule has 4 rings (SSSR count). The Hall–Kier alpha value is -3.27. The van der Waals surface area contributed by atoms with Gasteiger partial charge in [-0.15, -0.1) is 0 Å². The predicted molar refractivity (Wildman–Crippen MR) is 113 cm³/mol. The Morgan fingerprint density at radius 1 is 1.17 bits per heavy atom. The highest BCUT2D eigenvalue weighted by molar-refractivity contribution is 7.08. The molecule has 30 heavy (non-hydrogen) atoms. The quantitative estimate of drug-likeness (QED) is 0.677. The largest absolute Gasteiger partial charge is 0.331 e. The highest BCUT2D eigenvalue weighted by Crippen LogP contribution is 2.30. The molecule has 0 unspecified atom stereocenters. The lowest BCUT2D eigenvalue weighted by molar-refractivity contribution is 0.0587. The van der Waals surface area contributed by atoms with Crippen molar-refractivity contribution in [1.82, 2.24) is 24.0 Å². The molecule has 1 aliphatic rings. The Bertz CT molecular complexity index is 1270. The van der Waals surface area contributed by atoms with Crippen LogP contribution >= 0.6 is 11.3 Å². The van der Waals surface area contributed by atoms with Crippen molar-refractivity contribution in [2.24, 2.45) is 14.1 Å². The van der Waals surface area contributed by atoms with E-state index in [1.54, 1.807) is 4.90 Å². The van der Waals surface area contributed by atoms with Crippen LogP contribution in [-0.4, -0.2) is 36.5 Å². The van der Waals surface area contributed by atoms with E-state index in [0.29, 0.717) is 24.5 Å². The topological polar surface area (TPSA) is 110 Å². The standard InChI is InChI=1S/C20H21N5O4S/c1-23-15(10-17(27)24(2)20(23)29)19(28)25-7-4-3-5-14(25)18-21-13(9-16(26)22-18)12-6-8-30-11-12/h6,8-11,14H,3-5,7H2,1-2H3,(H,21,22,26)/t14-/m1/s1. The first-order chi connectivity index (χ1) is 14.4. The van der Waals surface area contributed by atoms with Crippen LogP contribution in [0.2, 0.25) is 0 Å². The third kappa shape index (κ3) is 3.54. The number of H-pyrrole nitrogens is 1. The molecule has 0 spiro atoms. The number of amides is 1. The summed E-state index contributed by atoms with van der Waals surface area (Å²) >= 11 is 1.51. The smallest absolute Gasteiger partial charge is 0.327 e. The van der Waals surface area contributed by atoms with Gasteiger partial charge in [-0.1, -0.05) is 0 Å². The Morgan fingerprint density at radius 2 is 1.97 bits per heavy atom. The molecule has 3 aromatic rings. The highest BCUT2D eigenvalue weighted by Gasteiger charge is 2.32. The summed E-state index contributed by atoms with van der Waals surface area (Å²) in [5.41, 5.74) is 0.0156. The summed E-state index contributed by atoms with van der Waals surface area (Å²) in [6, 6.07) is 4.05. The molecule has 0 saturated carbocycles. The normalized spacial score (nSPS) is 16.6. The van der Waals surface area contributed by atoms with Gasteiger partial charge in [0.1, 0.15) is 11.5 Å². The zero-order valence-corrected chi connectivity index (χ0v) is 17.4. The van der Waals surface area contributed by atoms with E-state index in [-0.39, 0.29) is 11.3 Å². The summed E-state index contributed by atoms with van der Waals surface area (Å²) < 4.78 is 2.13. The van der Waals surface area contributed by atoms with Gasteiger partial charge in [-0.25, -0.2) is 9.78 Å². The number of thiophene rings is 1. The van der Waals surface area contributed by atoms with E-state index < -0.39 is 23.2 Å². The first kappa shape index (κ1) is 20.0. The third-order valence-electron chi connectivity index (χ3n) is 5.40. The second-order valence-electron chi connectivity index (χ2n) is 7.31. The first-order valence-corrected chi connectivity index (χ1v) is 10.5. The van der Waals surface area contributed by atoms with Crippen molar-refractivity contribution in [2.75, 3.05) is 6.54 Å². The van der Waals surface area contributed by atoms with E-state index in [9.17, 15) is 19.2 Å². The number of carbonyl (C=O) groups is 1. The van der Waals surface area contributed by atoms with Gasteiger partial charge in [-0.05, 0) is 30.7 Å². The molecular weight excluding hydrogens is 406 g/mol. The van der Waals surface area contributed by atoms with Crippen LogP contribution in [0.4, 0.5) is 0 Å². The van der Waals surface area contributed by atoms with E-state index >= 15 is 0 Å². The lowest BCUT2D eigenvalue weighted by Gasteiger charge is -2.35. The van der Waals surface area contributed by atoms with Crippen LogP contribution < -0.4 is 16.8 Å². The molecule has 1 fully saturated rings. The van der Waals surface area contributed by atoms with Gasteiger partial charge < -0.3 is 9.88 Å². The predicted octanol–water partition coefficient (Wildman–Crippen LogP) is 1.26. The lowest BCUT2D eigenvalue weighted by Crippen LogP contribution is -2.45. The molecule has 0 aromatic carbocycles. The zero-order chi connectivity index (χ0) is 21.4. The van der Waals surface area contributed by atoms with Gasteiger partial charge in [-0.3, -0.25) is 23.5 Å². The summed E-state index contributed by atoms with van der Waals surface area (Å²) in [7, 11) is 2.83. The average molecular weight is 427 g/mol. The van der Waals surface area contributed by atoms with Crippen molar-refractivity contribution in [3.63, 3.8) is 0 Å². The summed E-state index contributed by atoms with van der Waals surface area (Å²) in [5, 5.41) is 3.82. The van der Waals surface area contributed by atoms with Crippen molar-refractivity contribution >= 4 is 17.2 Å². The van der Waals surface area contributed by atoms with Crippen LogP contribution in [0, 0.1) is 0 Å². The first-order valence-electron chi connectivity index (χ1n) is 9.58. The number of hydrogen-bond donors (Lipinski definition) is 1. The van der Waals surface area contributed by atoms with Crippen molar-refractivity contribution in [2.45, 2.75) is 25.3 Å². The average Bonchev–Trinajstić information content (AvgIpc) is 3.29. The molecule has 0 bridgehead atoms. The maximum Gasteiger partial charge on any atom is 0.331 e. The molecule has 0 aliphatic carbocycles. The summed E-state index contributed by atoms with van der Waals surface area (Å²) in [5.74, 6) is -0.0221. The summed E-state index contributed by atoms with van der Waals surface area (Å²) in [6.07, 6.45) is 2.28. The molecule has 0 radical (unpaired) electrons. The molecule has 156 valence electrons. The number of carbonyl (C=O) groups excluding carboxylic acids is 1. The number of hydrogen-bond acceptors (Lipinski definition) is 6. The van der Waals surface area contributed by atoms with E-state index in [0.717, 1.165) is 23.0 Å².